The van der Waals surface area contributed by atoms with Gasteiger partial charge in [-0.05, 0) is 37.1 Å². The van der Waals surface area contributed by atoms with Crippen LogP contribution < -0.4 is 11.3 Å². The fraction of sp³-hybridized carbons (Fsp3) is 0.250. The van der Waals surface area contributed by atoms with E-state index in [1.165, 1.54) is 0 Å². The number of anilines is 1. The Hall–Kier alpha value is -0.730. The molecule has 1 aromatic carbocycles. The summed E-state index contributed by atoms with van der Waals surface area (Å²) in [7, 11) is 0. The Balaban J connectivity index is 3.21. The Labute approximate surface area is 71.3 Å². The fourth-order valence-electron chi connectivity index (χ4n) is 0.936. The molecule has 0 aliphatic heterocycles. The van der Waals surface area contributed by atoms with E-state index in [0.29, 0.717) is 0 Å². The molecule has 3 heteroatoms. The van der Waals surface area contributed by atoms with Crippen LogP contribution in [0.5, 0.6) is 0 Å². The molecule has 0 fully saturated rings. The van der Waals surface area contributed by atoms with E-state index in [1.807, 2.05) is 26.0 Å². The highest BCUT2D eigenvalue weighted by Gasteiger charge is 1.99. The van der Waals surface area contributed by atoms with Gasteiger partial charge in [0.1, 0.15) is 0 Å². The van der Waals surface area contributed by atoms with E-state index < -0.39 is 0 Å². The highest BCUT2D eigenvalue weighted by Crippen LogP contribution is 2.22. The lowest BCUT2D eigenvalue weighted by Crippen LogP contribution is -2.08. The normalized spacial score (nSPS) is 9.82. The van der Waals surface area contributed by atoms with Gasteiger partial charge < -0.3 is 5.43 Å². The van der Waals surface area contributed by atoms with Crippen LogP contribution in [0.15, 0.2) is 12.1 Å². The maximum absolute atomic E-state index is 5.87. The van der Waals surface area contributed by atoms with Gasteiger partial charge in [0.05, 0.1) is 5.69 Å². The number of nitrogens with two attached hydrogens (primary N) is 1. The largest absolute Gasteiger partial charge is 0.324 e. The van der Waals surface area contributed by atoms with Crippen molar-refractivity contribution in [1.82, 2.24) is 0 Å². The minimum absolute atomic E-state index is 0.779. The molecule has 0 aliphatic carbocycles. The van der Waals surface area contributed by atoms with Gasteiger partial charge in [-0.1, -0.05) is 11.6 Å². The van der Waals surface area contributed by atoms with Gasteiger partial charge in [-0.2, -0.15) is 0 Å². The summed E-state index contributed by atoms with van der Waals surface area (Å²) in [4.78, 5) is 0. The van der Waals surface area contributed by atoms with E-state index in [0.717, 1.165) is 21.8 Å². The molecule has 0 aliphatic rings. The van der Waals surface area contributed by atoms with Crippen molar-refractivity contribution in [2.45, 2.75) is 13.8 Å². The summed E-state index contributed by atoms with van der Waals surface area (Å²) in [6, 6.07) is 3.82. The van der Waals surface area contributed by atoms with Gasteiger partial charge in [-0.25, -0.2) is 0 Å². The summed E-state index contributed by atoms with van der Waals surface area (Å²) in [6.07, 6.45) is 0. The zero-order valence-electron chi connectivity index (χ0n) is 6.61. The van der Waals surface area contributed by atoms with Crippen molar-refractivity contribution in [1.29, 1.82) is 0 Å². The molecule has 0 unspecified atom stereocenters. The van der Waals surface area contributed by atoms with Gasteiger partial charge in [0.2, 0.25) is 0 Å². The van der Waals surface area contributed by atoms with Crippen LogP contribution in [-0.4, -0.2) is 0 Å². The first-order chi connectivity index (χ1) is 5.15. The van der Waals surface area contributed by atoms with Gasteiger partial charge in [0.25, 0.3) is 0 Å². The maximum atomic E-state index is 5.87. The first-order valence-corrected chi connectivity index (χ1v) is 3.76. The van der Waals surface area contributed by atoms with Gasteiger partial charge in [-0.15, -0.1) is 0 Å². The molecule has 1 rings (SSSR count). The minimum atomic E-state index is 0.779. The van der Waals surface area contributed by atoms with Crippen molar-refractivity contribution in [3.8, 4) is 0 Å². The quantitative estimate of drug-likeness (QED) is 0.501. The molecule has 0 atom stereocenters. The molecule has 0 amide bonds. The summed E-state index contributed by atoms with van der Waals surface area (Å²) in [5.41, 5.74) is 5.62. The Morgan fingerprint density at radius 3 is 2.45 bits per heavy atom. The number of nitrogen functional groups attached to an aromatic ring is 1. The molecular formula is C8H11ClN2. The van der Waals surface area contributed by atoms with E-state index in [2.05, 4.69) is 5.43 Å². The SMILES string of the molecule is Cc1cc(NN)c(C)cc1Cl. The van der Waals surface area contributed by atoms with E-state index in [1.54, 1.807) is 0 Å². The molecule has 0 aromatic heterocycles. The van der Waals surface area contributed by atoms with Crippen molar-refractivity contribution >= 4 is 17.3 Å². The van der Waals surface area contributed by atoms with Crippen LogP contribution in [0.3, 0.4) is 0 Å². The highest BCUT2D eigenvalue weighted by molar-refractivity contribution is 6.31. The zero-order chi connectivity index (χ0) is 8.43. The third-order valence-electron chi connectivity index (χ3n) is 1.66. The number of rotatable bonds is 1. The molecule has 2 nitrogen and oxygen atoms in total. The summed E-state index contributed by atoms with van der Waals surface area (Å²) in [6.45, 7) is 3.91. The van der Waals surface area contributed by atoms with E-state index in [9.17, 15) is 0 Å². The van der Waals surface area contributed by atoms with Gasteiger partial charge >= 0.3 is 0 Å². The van der Waals surface area contributed by atoms with E-state index >= 15 is 0 Å². The van der Waals surface area contributed by atoms with Crippen LogP contribution in [0.4, 0.5) is 5.69 Å². The van der Waals surface area contributed by atoms with Crippen LogP contribution in [0.25, 0.3) is 0 Å². The smallest absolute Gasteiger partial charge is 0.0517 e. The molecular weight excluding hydrogens is 160 g/mol. The minimum Gasteiger partial charge on any atom is -0.324 e. The Morgan fingerprint density at radius 2 is 1.91 bits per heavy atom. The van der Waals surface area contributed by atoms with Gasteiger partial charge in [-0.3, -0.25) is 5.84 Å². The van der Waals surface area contributed by atoms with Crippen molar-refractivity contribution in [2.24, 2.45) is 5.84 Å². The predicted octanol–water partition coefficient (Wildman–Crippen LogP) is 2.24. The lowest BCUT2D eigenvalue weighted by molar-refractivity contribution is 1.29. The van der Waals surface area contributed by atoms with E-state index in [-0.39, 0.29) is 0 Å². The third kappa shape index (κ3) is 1.64. The second kappa shape index (κ2) is 3.11. The molecule has 0 heterocycles. The Bertz CT molecular complexity index is 271. The molecule has 0 bridgehead atoms. The maximum Gasteiger partial charge on any atom is 0.0517 e. The summed E-state index contributed by atoms with van der Waals surface area (Å²) < 4.78 is 0. The van der Waals surface area contributed by atoms with Crippen LogP contribution in [0.2, 0.25) is 5.02 Å². The van der Waals surface area contributed by atoms with Crippen molar-refractivity contribution < 1.29 is 0 Å². The molecule has 0 radical (unpaired) electrons. The van der Waals surface area contributed by atoms with Crippen molar-refractivity contribution in [2.75, 3.05) is 5.43 Å². The highest BCUT2D eigenvalue weighted by atomic mass is 35.5. The van der Waals surface area contributed by atoms with Crippen LogP contribution in [-0.2, 0) is 0 Å². The number of hydrogen-bond donors (Lipinski definition) is 2. The third-order valence-corrected chi connectivity index (χ3v) is 2.07. The first-order valence-electron chi connectivity index (χ1n) is 3.38. The first kappa shape index (κ1) is 8.37. The topological polar surface area (TPSA) is 38.0 Å². The monoisotopic (exact) mass is 170 g/mol. The van der Waals surface area contributed by atoms with E-state index in [4.69, 9.17) is 17.4 Å². The predicted molar refractivity (Wildman–Crippen MR) is 48.7 cm³/mol. The number of aryl methyl sites for hydroxylation is 2. The van der Waals surface area contributed by atoms with Crippen LogP contribution in [0.1, 0.15) is 11.1 Å². The molecule has 60 valence electrons. The number of hydrogen-bond acceptors (Lipinski definition) is 2. The van der Waals surface area contributed by atoms with Crippen molar-refractivity contribution in [3.63, 3.8) is 0 Å². The lowest BCUT2D eigenvalue weighted by Gasteiger charge is -2.06. The van der Waals surface area contributed by atoms with Crippen LogP contribution >= 0.6 is 11.6 Å². The molecule has 1 aromatic rings. The Morgan fingerprint density at radius 1 is 1.27 bits per heavy atom. The van der Waals surface area contributed by atoms with Gasteiger partial charge in [0, 0.05) is 5.02 Å². The molecule has 3 N–H and O–H groups in total. The number of nitrogens with one attached hydrogen (secondary N) is 1. The van der Waals surface area contributed by atoms with Crippen LogP contribution in [0, 0.1) is 13.8 Å². The number of hydrazine groups is 1. The summed E-state index contributed by atoms with van der Waals surface area (Å²) in [5.74, 6) is 5.28. The molecule has 0 saturated heterocycles. The fourth-order valence-corrected chi connectivity index (χ4v) is 1.15. The standard InChI is InChI=1S/C8H11ClN2/c1-5-4-8(11-10)6(2)3-7(5)9/h3-4,11H,10H2,1-2H3. The zero-order valence-corrected chi connectivity index (χ0v) is 7.37. The summed E-state index contributed by atoms with van der Waals surface area (Å²) >= 11 is 5.87. The molecule has 11 heavy (non-hydrogen) atoms. The lowest BCUT2D eigenvalue weighted by atomic mass is 10.1. The molecule has 0 saturated carbocycles. The average Bonchev–Trinajstić information content (AvgIpc) is 1.97. The summed E-state index contributed by atoms with van der Waals surface area (Å²) in [5, 5.41) is 0.779. The Kier molecular flexibility index (Phi) is 2.37. The second-order valence-corrected chi connectivity index (χ2v) is 2.97. The number of halogens is 1. The molecule has 0 spiro atoms. The second-order valence-electron chi connectivity index (χ2n) is 2.56. The average molecular weight is 171 g/mol. The number of benzene rings is 1. The van der Waals surface area contributed by atoms with Gasteiger partial charge in [0.15, 0.2) is 0 Å². The van der Waals surface area contributed by atoms with Crippen molar-refractivity contribution in [3.05, 3.63) is 28.3 Å².